The Balaban J connectivity index is 2.64. The number of halogens is 1. The Bertz CT molecular complexity index is 557. The highest BCUT2D eigenvalue weighted by atomic mass is 35.5. The second-order valence-corrected chi connectivity index (χ2v) is 4.32. The van der Waals surface area contributed by atoms with E-state index in [9.17, 15) is 4.79 Å². The molecule has 0 saturated carbocycles. The summed E-state index contributed by atoms with van der Waals surface area (Å²) in [5.74, 6) is -0.0221. The van der Waals surface area contributed by atoms with Gasteiger partial charge in [0.25, 0.3) is 5.91 Å². The molecule has 1 aromatic heterocycles. The fourth-order valence-electron chi connectivity index (χ4n) is 1.51. The molecule has 0 bridgehead atoms. The molecule has 0 atom stereocenters. The first-order valence-electron chi connectivity index (χ1n) is 4.91. The van der Waals surface area contributed by atoms with Gasteiger partial charge >= 0.3 is 0 Å². The van der Waals surface area contributed by atoms with Gasteiger partial charge in [0.2, 0.25) is 5.76 Å². The minimum Gasteiger partial charge on any atom is -0.449 e. The van der Waals surface area contributed by atoms with Gasteiger partial charge in [-0.1, -0.05) is 17.7 Å². The maximum absolute atomic E-state index is 11.8. The Morgan fingerprint density at radius 3 is 2.69 bits per heavy atom. The van der Waals surface area contributed by atoms with Crippen LogP contribution in [0.3, 0.4) is 0 Å². The van der Waals surface area contributed by atoms with E-state index in [4.69, 9.17) is 16.0 Å². The smallest absolute Gasteiger partial charge is 0.290 e. The maximum Gasteiger partial charge on any atom is 0.290 e. The highest BCUT2D eigenvalue weighted by Gasteiger charge is 2.20. The Hall–Kier alpha value is -1.48. The molecule has 3 nitrogen and oxygen atoms in total. The van der Waals surface area contributed by atoms with Gasteiger partial charge in [0.15, 0.2) is 0 Å². The van der Waals surface area contributed by atoms with Crippen molar-refractivity contribution < 1.29 is 9.21 Å². The predicted octanol–water partition coefficient (Wildman–Crippen LogP) is 3.10. The van der Waals surface area contributed by atoms with Gasteiger partial charge in [0, 0.05) is 19.5 Å². The van der Waals surface area contributed by atoms with E-state index >= 15 is 0 Å². The van der Waals surface area contributed by atoms with Gasteiger partial charge in [-0.05, 0) is 24.6 Å². The molecular weight excluding hydrogens is 226 g/mol. The van der Waals surface area contributed by atoms with Gasteiger partial charge in [-0.2, -0.15) is 0 Å². The van der Waals surface area contributed by atoms with Crippen molar-refractivity contribution in [1.82, 2.24) is 4.90 Å². The monoisotopic (exact) mass is 237 g/mol. The van der Waals surface area contributed by atoms with E-state index in [-0.39, 0.29) is 11.7 Å². The maximum atomic E-state index is 11.8. The van der Waals surface area contributed by atoms with E-state index in [0.29, 0.717) is 10.6 Å². The summed E-state index contributed by atoms with van der Waals surface area (Å²) in [5.41, 5.74) is 1.72. The van der Waals surface area contributed by atoms with Crippen LogP contribution in [0.25, 0.3) is 11.0 Å². The molecule has 0 aliphatic rings. The molecule has 0 saturated heterocycles. The zero-order valence-corrected chi connectivity index (χ0v) is 10.1. The fraction of sp³-hybridized carbons (Fsp3) is 0.250. The number of furan rings is 1. The van der Waals surface area contributed by atoms with Crippen LogP contribution in [0.4, 0.5) is 0 Å². The first-order valence-corrected chi connectivity index (χ1v) is 5.29. The standard InChI is InChI=1S/C12H12ClNO2/c1-7-4-5-8-9(6-7)16-11(10(8)13)12(15)14(2)3/h4-6H,1-3H3. The topological polar surface area (TPSA) is 33.5 Å². The van der Waals surface area contributed by atoms with Crippen molar-refractivity contribution in [1.29, 1.82) is 0 Å². The molecule has 0 spiro atoms. The van der Waals surface area contributed by atoms with Gasteiger partial charge in [0.05, 0.1) is 5.02 Å². The van der Waals surface area contributed by atoms with Crippen LogP contribution in [0, 0.1) is 6.92 Å². The number of aryl methyl sites for hydroxylation is 1. The minimum absolute atomic E-state index is 0.201. The van der Waals surface area contributed by atoms with E-state index in [2.05, 4.69) is 0 Å². The van der Waals surface area contributed by atoms with Gasteiger partial charge in [-0.15, -0.1) is 0 Å². The quantitative estimate of drug-likeness (QED) is 0.764. The predicted molar refractivity (Wildman–Crippen MR) is 64.0 cm³/mol. The molecule has 2 rings (SSSR count). The van der Waals surface area contributed by atoms with Crippen LogP contribution in [0.15, 0.2) is 22.6 Å². The van der Waals surface area contributed by atoms with Crippen LogP contribution in [0.2, 0.25) is 5.02 Å². The number of fused-ring (bicyclic) bond motifs is 1. The third kappa shape index (κ3) is 1.67. The number of carbonyl (C=O) groups excluding carboxylic acids is 1. The van der Waals surface area contributed by atoms with Crippen molar-refractivity contribution in [2.75, 3.05) is 14.1 Å². The zero-order valence-electron chi connectivity index (χ0n) is 9.37. The van der Waals surface area contributed by atoms with Crippen LogP contribution >= 0.6 is 11.6 Å². The van der Waals surface area contributed by atoms with Crippen LogP contribution in [0.5, 0.6) is 0 Å². The number of rotatable bonds is 1. The Kier molecular flexibility index (Phi) is 2.64. The molecule has 1 heterocycles. The van der Waals surface area contributed by atoms with Crippen LogP contribution in [-0.4, -0.2) is 24.9 Å². The first-order chi connectivity index (χ1) is 7.50. The van der Waals surface area contributed by atoms with E-state index in [1.165, 1.54) is 4.90 Å². The van der Waals surface area contributed by atoms with E-state index in [1.54, 1.807) is 14.1 Å². The number of benzene rings is 1. The van der Waals surface area contributed by atoms with Gasteiger partial charge < -0.3 is 9.32 Å². The van der Waals surface area contributed by atoms with Crippen molar-refractivity contribution in [3.8, 4) is 0 Å². The lowest BCUT2D eigenvalue weighted by atomic mass is 10.2. The van der Waals surface area contributed by atoms with Crippen LogP contribution in [-0.2, 0) is 0 Å². The highest BCUT2D eigenvalue weighted by Crippen LogP contribution is 2.31. The van der Waals surface area contributed by atoms with Crippen molar-refractivity contribution in [2.24, 2.45) is 0 Å². The summed E-state index contributed by atoms with van der Waals surface area (Å²) >= 11 is 6.11. The molecule has 0 aliphatic heterocycles. The van der Waals surface area contributed by atoms with Crippen molar-refractivity contribution in [2.45, 2.75) is 6.92 Å². The molecule has 0 fully saturated rings. The van der Waals surface area contributed by atoms with Gasteiger partial charge in [-0.25, -0.2) is 0 Å². The molecule has 0 radical (unpaired) electrons. The number of hydrogen-bond donors (Lipinski definition) is 0. The Labute approximate surface area is 98.6 Å². The molecule has 1 aromatic carbocycles. The molecule has 84 valence electrons. The van der Waals surface area contributed by atoms with Gasteiger partial charge in [0.1, 0.15) is 5.58 Å². The summed E-state index contributed by atoms with van der Waals surface area (Å²) in [6.45, 7) is 1.96. The third-order valence-corrected chi connectivity index (χ3v) is 2.76. The summed E-state index contributed by atoms with van der Waals surface area (Å²) in [4.78, 5) is 13.2. The van der Waals surface area contributed by atoms with Gasteiger partial charge in [-0.3, -0.25) is 4.79 Å². The summed E-state index contributed by atoms with van der Waals surface area (Å²) in [7, 11) is 3.33. The van der Waals surface area contributed by atoms with E-state index in [0.717, 1.165) is 10.9 Å². The summed E-state index contributed by atoms with van der Waals surface area (Å²) in [6, 6.07) is 5.67. The van der Waals surface area contributed by atoms with Crippen molar-refractivity contribution in [3.63, 3.8) is 0 Å². The number of amides is 1. The number of hydrogen-bond acceptors (Lipinski definition) is 2. The van der Waals surface area contributed by atoms with E-state index < -0.39 is 0 Å². The zero-order chi connectivity index (χ0) is 11.9. The number of nitrogens with zero attached hydrogens (tertiary/aromatic N) is 1. The normalized spacial score (nSPS) is 10.8. The molecule has 0 N–H and O–H groups in total. The SMILES string of the molecule is Cc1ccc2c(Cl)c(C(=O)N(C)C)oc2c1. The van der Waals surface area contributed by atoms with Crippen molar-refractivity contribution >= 4 is 28.5 Å². The average molecular weight is 238 g/mol. The molecule has 1 amide bonds. The second-order valence-electron chi connectivity index (χ2n) is 3.94. The first kappa shape index (κ1) is 11.0. The minimum atomic E-state index is -0.223. The fourth-order valence-corrected chi connectivity index (χ4v) is 1.79. The number of carbonyl (C=O) groups is 1. The van der Waals surface area contributed by atoms with Crippen LogP contribution in [0.1, 0.15) is 16.1 Å². The molecule has 0 unspecified atom stereocenters. The molecule has 4 heteroatoms. The second kappa shape index (κ2) is 3.83. The Morgan fingerprint density at radius 2 is 2.06 bits per heavy atom. The summed E-state index contributed by atoms with van der Waals surface area (Å²) in [6.07, 6.45) is 0. The molecule has 2 aromatic rings. The lowest BCUT2D eigenvalue weighted by Gasteiger charge is -2.06. The third-order valence-electron chi connectivity index (χ3n) is 2.39. The average Bonchev–Trinajstić information content (AvgIpc) is 2.54. The molecular formula is C12H12ClNO2. The molecule has 16 heavy (non-hydrogen) atoms. The highest BCUT2D eigenvalue weighted by molar-refractivity contribution is 6.38. The Morgan fingerprint density at radius 1 is 1.38 bits per heavy atom. The lowest BCUT2D eigenvalue weighted by Crippen LogP contribution is -2.21. The van der Waals surface area contributed by atoms with Crippen LogP contribution < -0.4 is 0 Å². The lowest BCUT2D eigenvalue weighted by molar-refractivity contribution is 0.0799. The molecule has 0 aliphatic carbocycles. The van der Waals surface area contributed by atoms with E-state index in [1.807, 2.05) is 25.1 Å². The largest absolute Gasteiger partial charge is 0.449 e. The summed E-state index contributed by atoms with van der Waals surface area (Å²) < 4.78 is 5.48. The van der Waals surface area contributed by atoms with Crippen molar-refractivity contribution in [3.05, 3.63) is 34.5 Å². The summed E-state index contributed by atoms with van der Waals surface area (Å²) in [5, 5.41) is 1.16.